The fraction of sp³-hybridized carbons (Fsp3) is 0.273. The molecule has 4 nitrogen and oxygen atoms in total. The van der Waals surface area contributed by atoms with Crippen LogP contribution in [0, 0.1) is 11.3 Å². The lowest BCUT2D eigenvalue weighted by molar-refractivity contribution is 0.0585. The van der Waals surface area contributed by atoms with E-state index in [-0.39, 0.29) is 11.1 Å². The number of hydrogen-bond donors (Lipinski definition) is 1. The Hall–Kier alpha value is -2.00. The van der Waals surface area contributed by atoms with E-state index in [0.717, 1.165) is 13.2 Å². The lowest BCUT2D eigenvalue weighted by Crippen LogP contribution is -2.12. The van der Waals surface area contributed by atoms with Gasteiger partial charge in [0.1, 0.15) is 0 Å². The average molecular weight is 241 g/mol. The number of aliphatic hydroxyl groups is 1. The van der Waals surface area contributed by atoms with Crippen LogP contribution in [0.25, 0.3) is 0 Å². The molecule has 90 valence electrons. The summed E-state index contributed by atoms with van der Waals surface area (Å²) in [6.45, 7) is -0.587. The van der Waals surface area contributed by atoms with Crippen LogP contribution in [0.3, 0.4) is 0 Å². The van der Waals surface area contributed by atoms with Crippen LogP contribution in [0.1, 0.15) is 33.5 Å². The molecule has 6 heteroatoms. The van der Waals surface area contributed by atoms with E-state index in [1.54, 1.807) is 6.07 Å². The molecule has 17 heavy (non-hydrogen) atoms. The molecular formula is C11H9F2NO3. The van der Waals surface area contributed by atoms with Crippen molar-refractivity contribution >= 4 is 5.97 Å². The Balaban J connectivity index is 3.59. The van der Waals surface area contributed by atoms with E-state index in [0.29, 0.717) is 0 Å². The van der Waals surface area contributed by atoms with Gasteiger partial charge in [0, 0.05) is 0 Å². The van der Waals surface area contributed by atoms with Gasteiger partial charge in [0.05, 0.1) is 36.5 Å². The molecule has 1 rings (SSSR count). The number of alkyl halides is 2. The zero-order valence-electron chi connectivity index (χ0n) is 8.91. The second kappa shape index (κ2) is 5.37. The first-order valence-electron chi connectivity index (χ1n) is 4.60. The summed E-state index contributed by atoms with van der Waals surface area (Å²) in [5, 5.41) is 17.7. The fourth-order valence-electron chi connectivity index (χ4n) is 1.46. The number of carbonyl (C=O) groups is 1. The summed E-state index contributed by atoms with van der Waals surface area (Å²) < 4.78 is 30.1. The highest BCUT2D eigenvalue weighted by molar-refractivity contribution is 5.93. The number of halogens is 2. The number of hydrogen-bond acceptors (Lipinski definition) is 4. The molecule has 0 heterocycles. The van der Waals surface area contributed by atoms with E-state index in [9.17, 15) is 13.6 Å². The van der Waals surface area contributed by atoms with Crippen molar-refractivity contribution in [2.24, 2.45) is 0 Å². The molecule has 0 unspecified atom stereocenters. The number of aliphatic hydroxyl groups excluding tert-OH is 1. The van der Waals surface area contributed by atoms with E-state index in [4.69, 9.17) is 10.4 Å². The van der Waals surface area contributed by atoms with Gasteiger partial charge in [-0.05, 0) is 11.6 Å². The topological polar surface area (TPSA) is 70.3 Å². The van der Waals surface area contributed by atoms with Crippen molar-refractivity contribution in [3.63, 3.8) is 0 Å². The molecule has 0 aromatic heterocycles. The lowest BCUT2D eigenvalue weighted by Gasteiger charge is -2.12. The molecule has 0 amide bonds. The minimum atomic E-state index is -3.00. The van der Waals surface area contributed by atoms with Gasteiger partial charge in [-0.15, -0.1) is 0 Å². The van der Waals surface area contributed by atoms with Gasteiger partial charge in [-0.3, -0.25) is 0 Å². The lowest BCUT2D eigenvalue weighted by atomic mass is 9.97. The summed E-state index contributed by atoms with van der Waals surface area (Å²) in [6.07, 6.45) is -3.00. The smallest absolute Gasteiger partial charge is 0.338 e. The first kappa shape index (κ1) is 13.1. The molecule has 0 atom stereocenters. The van der Waals surface area contributed by atoms with Gasteiger partial charge in [-0.25, -0.2) is 13.6 Å². The van der Waals surface area contributed by atoms with Crippen LogP contribution < -0.4 is 0 Å². The number of rotatable bonds is 3. The van der Waals surface area contributed by atoms with Crippen LogP contribution in [-0.2, 0) is 11.3 Å². The van der Waals surface area contributed by atoms with Gasteiger partial charge >= 0.3 is 5.97 Å². The molecule has 1 N–H and O–H groups in total. The molecule has 0 aliphatic heterocycles. The number of esters is 1. The summed E-state index contributed by atoms with van der Waals surface area (Å²) in [6, 6.07) is 3.96. The molecular weight excluding hydrogens is 232 g/mol. The molecule has 1 aromatic carbocycles. The van der Waals surface area contributed by atoms with Gasteiger partial charge in [0.25, 0.3) is 6.43 Å². The monoisotopic (exact) mass is 241 g/mol. The van der Waals surface area contributed by atoms with Crippen LogP contribution in [0.4, 0.5) is 8.78 Å². The molecule has 0 saturated carbocycles. The normalized spacial score (nSPS) is 10.1. The molecule has 0 radical (unpaired) electrons. The van der Waals surface area contributed by atoms with E-state index >= 15 is 0 Å². The number of carbonyl (C=O) groups excluding carboxylic acids is 1. The number of nitrogens with zero attached hydrogens (tertiary/aromatic N) is 1. The first-order chi connectivity index (χ1) is 8.06. The minimum Gasteiger partial charge on any atom is -0.465 e. The van der Waals surface area contributed by atoms with Crippen LogP contribution in [0.15, 0.2) is 12.1 Å². The Bertz CT molecular complexity index is 480. The summed E-state index contributed by atoms with van der Waals surface area (Å²) in [7, 11) is 1.04. The van der Waals surface area contributed by atoms with Gasteiger partial charge in [-0.1, -0.05) is 6.07 Å². The molecule has 0 saturated heterocycles. The summed E-state index contributed by atoms with van der Waals surface area (Å²) in [5.74, 6) is -0.999. The molecule has 0 bridgehead atoms. The van der Waals surface area contributed by atoms with Crippen LogP contribution in [0.5, 0.6) is 0 Å². The minimum absolute atomic E-state index is 0.00569. The van der Waals surface area contributed by atoms with Crippen LogP contribution in [0.2, 0.25) is 0 Å². The van der Waals surface area contributed by atoms with Gasteiger partial charge in [0.15, 0.2) is 0 Å². The molecule has 0 spiro atoms. The van der Waals surface area contributed by atoms with E-state index in [2.05, 4.69) is 4.74 Å². The maximum atomic E-state index is 12.8. The average Bonchev–Trinajstić information content (AvgIpc) is 2.35. The highest BCUT2D eigenvalue weighted by atomic mass is 19.3. The largest absolute Gasteiger partial charge is 0.465 e. The second-order valence-electron chi connectivity index (χ2n) is 3.12. The number of methoxy groups -OCH3 is 1. The quantitative estimate of drug-likeness (QED) is 0.819. The van der Waals surface area contributed by atoms with E-state index < -0.39 is 30.1 Å². The van der Waals surface area contributed by atoms with Gasteiger partial charge < -0.3 is 9.84 Å². The predicted molar refractivity (Wildman–Crippen MR) is 53.4 cm³/mol. The standard InChI is InChI=1S/C11H9F2NO3/c1-17-11(16)9-7(5-15)3-2-6(4-14)8(9)10(12)13/h2-3,10,15H,5H2,1H3. The number of ether oxygens (including phenoxy) is 1. The summed E-state index contributed by atoms with van der Waals surface area (Å²) in [4.78, 5) is 11.4. The fourth-order valence-corrected chi connectivity index (χ4v) is 1.46. The number of nitriles is 1. The number of benzene rings is 1. The molecule has 0 aliphatic carbocycles. The van der Waals surface area contributed by atoms with Crippen molar-refractivity contribution in [3.8, 4) is 6.07 Å². The van der Waals surface area contributed by atoms with Crippen molar-refractivity contribution in [3.05, 3.63) is 34.4 Å². The van der Waals surface area contributed by atoms with Crippen LogP contribution >= 0.6 is 0 Å². The highest BCUT2D eigenvalue weighted by Crippen LogP contribution is 2.29. The first-order valence-corrected chi connectivity index (χ1v) is 4.60. The third kappa shape index (κ3) is 2.40. The second-order valence-corrected chi connectivity index (χ2v) is 3.12. The van der Waals surface area contributed by atoms with Crippen LogP contribution in [-0.4, -0.2) is 18.2 Å². The maximum absolute atomic E-state index is 12.8. The van der Waals surface area contributed by atoms with Crippen molar-refractivity contribution in [2.75, 3.05) is 7.11 Å². The summed E-state index contributed by atoms with van der Waals surface area (Å²) in [5.41, 5.74) is -1.45. The maximum Gasteiger partial charge on any atom is 0.338 e. The Kier molecular flexibility index (Phi) is 4.12. The third-order valence-electron chi connectivity index (χ3n) is 2.23. The zero-order valence-corrected chi connectivity index (χ0v) is 8.91. The van der Waals surface area contributed by atoms with Gasteiger partial charge in [-0.2, -0.15) is 5.26 Å². The Morgan fingerprint density at radius 1 is 1.59 bits per heavy atom. The van der Waals surface area contributed by atoms with E-state index in [1.165, 1.54) is 6.07 Å². The van der Waals surface area contributed by atoms with Crippen molar-refractivity contribution < 1.29 is 23.4 Å². The zero-order chi connectivity index (χ0) is 13.0. The predicted octanol–water partition coefficient (Wildman–Crippen LogP) is 1.77. The SMILES string of the molecule is COC(=O)c1c(CO)ccc(C#N)c1C(F)F. The molecule has 0 fully saturated rings. The summed E-state index contributed by atoms with van der Waals surface area (Å²) >= 11 is 0. The molecule has 1 aromatic rings. The van der Waals surface area contributed by atoms with E-state index in [1.807, 2.05) is 0 Å². The van der Waals surface area contributed by atoms with Crippen molar-refractivity contribution in [2.45, 2.75) is 13.0 Å². The third-order valence-corrected chi connectivity index (χ3v) is 2.23. The van der Waals surface area contributed by atoms with Gasteiger partial charge in [0.2, 0.25) is 0 Å². The molecule has 0 aliphatic rings. The Morgan fingerprint density at radius 2 is 2.24 bits per heavy atom. The Labute approximate surface area is 96.0 Å². The highest BCUT2D eigenvalue weighted by Gasteiger charge is 2.25. The van der Waals surface area contributed by atoms with Crippen molar-refractivity contribution in [1.29, 1.82) is 5.26 Å². The Morgan fingerprint density at radius 3 is 2.65 bits per heavy atom. The van der Waals surface area contributed by atoms with Crippen molar-refractivity contribution in [1.82, 2.24) is 0 Å².